The van der Waals surface area contributed by atoms with E-state index in [-0.39, 0.29) is 11.4 Å². The molecule has 0 aliphatic carbocycles. The molecule has 1 amide bonds. The molecule has 1 aliphatic heterocycles. The molecular formula is C28H25F3N4O. The number of hydrogen-bond acceptors (Lipinski definition) is 4. The van der Waals surface area contributed by atoms with E-state index in [2.05, 4.69) is 46.4 Å². The first-order valence-electron chi connectivity index (χ1n) is 11.7. The van der Waals surface area contributed by atoms with E-state index in [1.165, 1.54) is 17.8 Å². The van der Waals surface area contributed by atoms with Gasteiger partial charge in [-0.05, 0) is 55.5 Å². The van der Waals surface area contributed by atoms with E-state index in [1.807, 2.05) is 11.0 Å². The first-order chi connectivity index (χ1) is 17.3. The summed E-state index contributed by atoms with van der Waals surface area (Å²) in [7, 11) is 0. The van der Waals surface area contributed by atoms with Gasteiger partial charge in [-0.25, -0.2) is 0 Å². The number of carbonyl (C=O) groups excluding carboxylic acids is 1. The molecule has 0 bridgehead atoms. The van der Waals surface area contributed by atoms with Gasteiger partial charge in [0.2, 0.25) is 0 Å². The molecule has 36 heavy (non-hydrogen) atoms. The molecule has 184 valence electrons. The summed E-state index contributed by atoms with van der Waals surface area (Å²) >= 11 is 0. The van der Waals surface area contributed by atoms with Crippen LogP contribution in [0.2, 0.25) is 0 Å². The number of aryl methyl sites for hydroxylation is 1. The van der Waals surface area contributed by atoms with Gasteiger partial charge in [-0.2, -0.15) is 13.2 Å². The SMILES string of the molecule is Cc1ccc(N2CCN(C(=O)c3cccc(Nc4ccnc5cc(C(F)(F)F)ccc45)c3)CC2)cc1. The van der Waals surface area contributed by atoms with Crippen molar-refractivity contribution in [3.05, 3.63) is 95.7 Å². The number of carbonyl (C=O) groups is 1. The number of hydrogen-bond donors (Lipinski definition) is 1. The maximum Gasteiger partial charge on any atom is 0.416 e. The van der Waals surface area contributed by atoms with Crippen molar-refractivity contribution in [2.24, 2.45) is 0 Å². The lowest BCUT2D eigenvalue weighted by Gasteiger charge is -2.36. The van der Waals surface area contributed by atoms with Crippen molar-refractivity contribution >= 4 is 33.9 Å². The number of anilines is 3. The van der Waals surface area contributed by atoms with Crippen molar-refractivity contribution in [3.8, 4) is 0 Å². The number of alkyl halides is 3. The smallest absolute Gasteiger partial charge is 0.368 e. The highest BCUT2D eigenvalue weighted by molar-refractivity contribution is 5.97. The standard InChI is InChI=1S/C28H25F3N4O/c1-19-5-8-23(9-6-19)34-13-15-35(16-14-34)27(36)20-3-2-4-22(17-20)33-25-11-12-32-26-18-21(28(29,30)31)7-10-24(25)26/h2-12,17-18H,13-16H2,1H3,(H,32,33). The van der Waals surface area contributed by atoms with Crippen LogP contribution in [0.3, 0.4) is 0 Å². The van der Waals surface area contributed by atoms with Crippen molar-refractivity contribution in [2.75, 3.05) is 36.4 Å². The monoisotopic (exact) mass is 490 g/mol. The Morgan fingerprint density at radius 2 is 1.67 bits per heavy atom. The molecule has 1 saturated heterocycles. The zero-order chi connectivity index (χ0) is 25.3. The molecule has 3 aromatic carbocycles. The Balaban J connectivity index is 1.29. The Kier molecular flexibility index (Phi) is 6.26. The van der Waals surface area contributed by atoms with Gasteiger partial charge < -0.3 is 15.1 Å². The summed E-state index contributed by atoms with van der Waals surface area (Å²) in [5, 5.41) is 3.80. The lowest BCUT2D eigenvalue weighted by molar-refractivity contribution is -0.137. The van der Waals surface area contributed by atoms with Crippen LogP contribution in [-0.4, -0.2) is 42.0 Å². The van der Waals surface area contributed by atoms with Crippen LogP contribution in [0.4, 0.5) is 30.2 Å². The summed E-state index contributed by atoms with van der Waals surface area (Å²) in [6.45, 7) is 4.83. The van der Waals surface area contributed by atoms with E-state index in [1.54, 1.807) is 24.3 Å². The highest BCUT2D eigenvalue weighted by atomic mass is 19.4. The third kappa shape index (κ3) is 4.98. The summed E-state index contributed by atoms with van der Waals surface area (Å²) in [6.07, 6.45) is -2.97. The van der Waals surface area contributed by atoms with Crippen LogP contribution in [-0.2, 0) is 6.18 Å². The second-order valence-electron chi connectivity index (χ2n) is 8.91. The van der Waals surface area contributed by atoms with Crippen molar-refractivity contribution in [1.82, 2.24) is 9.88 Å². The highest BCUT2D eigenvalue weighted by Crippen LogP contribution is 2.33. The minimum Gasteiger partial charge on any atom is -0.368 e. The number of pyridine rings is 1. The molecule has 0 saturated carbocycles. The second-order valence-corrected chi connectivity index (χ2v) is 8.91. The summed E-state index contributed by atoms with van der Waals surface area (Å²) in [5.74, 6) is -0.0448. The number of nitrogens with zero attached hydrogens (tertiary/aromatic N) is 3. The molecular weight excluding hydrogens is 465 g/mol. The topological polar surface area (TPSA) is 48.5 Å². The fraction of sp³-hybridized carbons (Fsp3) is 0.214. The Morgan fingerprint density at radius 3 is 2.39 bits per heavy atom. The van der Waals surface area contributed by atoms with Gasteiger partial charge in [0.05, 0.1) is 11.1 Å². The number of amides is 1. The normalized spacial score (nSPS) is 14.2. The highest BCUT2D eigenvalue weighted by Gasteiger charge is 2.30. The number of piperazine rings is 1. The first kappa shape index (κ1) is 23.7. The van der Waals surface area contributed by atoms with Crippen molar-refractivity contribution < 1.29 is 18.0 Å². The Hall–Kier alpha value is -4.07. The van der Waals surface area contributed by atoms with Crippen LogP contribution >= 0.6 is 0 Å². The molecule has 2 heterocycles. The molecule has 1 fully saturated rings. The van der Waals surface area contributed by atoms with E-state index in [4.69, 9.17) is 0 Å². The molecule has 5 rings (SSSR count). The quantitative estimate of drug-likeness (QED) is 0.366. The molecule has 0 radical (unpaired) electrons. The summed E-state index contributed by atoms with van der Waals surface area (Å²) in [6, 6.07) is 20.8. The molecule has 1 N–H and O–H groups in total. The van der Waals surface area contributed by atoms with E-state index in [0.29, 0.717) is 35.4 Å². The van der Waals surface area contributed by atoms with Crippen LogP contribution in [0.25, 0.3) is 10.9 Å². The third-order valence-corrected chi connectivity index (χ3v) is 6.42. The Labute approximate surface area is 207 Å². The van der Waals surface area contributed by atoms with Gasteiger partial charge in [-0.1, -0.05) is 29.8 Å². The average Bonchev–Trinajstić information content (AvgIpc) is 2.88. The van der Waals surface area contributed by atoms with E-state index >= 15 is 0 Å². The maximum absolute atomic E-state index is 13.2. The van der Waals surface area contributed by atoms with Crippen LogP contribution < -0.4 is 10.2 Å². The summed E-state index contributed by atoms with van der Waals surface area (Å²) in [4.78, 5) is 21.4. The van der Waals surface area contributed by atoms with Gasteiger partial charge in [-0.3, -0.25) is 9.78 Å². The van der Waals surface area contributed by atoms with Crippen LogP contribution in [0.5, 0.6) is 0 Å². The number of fused-ring (bicyclic) bond motifs is 1. The fourth-order valence-corrected chi connectivity index (χ4v) is 4.42. The van der Waals surface area contributed by atoms with Crippen LogP contribution in [0.15, 0.2) is 79.0 Å². The van der Waals surface area contributed by atoms with Crippen LogP contribution in [0, 0.1) is 6.92 Å². The van der Waals surface area contributed by atoms with Crippen LogP contribution in [0.1, 0.15) is 21.5 Å². The molecule has 1 aromatic heterocycles. The average molecular weight is 491 g/mol. The lowest BCUT2D eigenvalue weighted by Crippen LogP contribution is -2.48. The van der Waals surface area contributed by atoms with E-state index < -0.39 is 11.7 Å². The number of aromatic nitrogens is 1. The van der Waals surface area contributed by atoms with E-state index in [9.17, 15) is 18.0 Å². The molecule has 4 aromatic rings. The fourth-order valence-electron chi connectivity index (χ4n) is 4.42. The van der Waals surface area contributed by atoms with Crippen molar-refractivity contribution in [2.45, 2.75) is 13.1 Å². The molecule has 0 unspecified atom stereocenters. The van der Waals surface area contributed by atoms with Gasteiger partial charge in [0.25, 0.3) is 5.91 Å². The third-order valence-electron chi connectivity index (χ3n) is 6.42. The van der Waals surface area contributed by atoms with Gasteiger partial charge in [-0.15, -0.1) is 0 Å². The Morgan fingerprint density at radius 1 is 0.917 bits per heavy atom. The van der Waals surface area contributed by atoms with E-state index in [0.717, 1.165) is 30.9 Å². The molecule has 8 heteroatoms. The van der Waals surface area contributed by atoms with Gasteiger partial charge in [0.1, 0.15) is 0 Å². The number of benzene rings is 3. The summed E-state index contributed by atoms with van der Waals surface area (Å²) < 4.78 is 39.2. The number of rotatable bonds is 4. The second kappa shape index (κ2) is 9.53. The van der Waals surface area contributed by atoms with Crippen molar-refractivity contribution in [3.63, 3.8) is 0 Å². The minimum atomic E-state index is -4.43. The van der Waals surface area contributed by atoms with Crippen molar-refractivity contribution in [1.29, 1.82) is 0 Å². The zero-order valence-corrected chi connectivity index (χ0v) is 19.7. The zero-order valence-electron chi connectivity index (χ0n) is 19.7. The molecule has 1 aliphatic rings. The molecule has 0 atom stereocenters. The lowest BCUT2D eigenvalue weighted by atomic mass is 10.1. The minimum absolute atomic E-state index is 0.0448. The van der Waals surface area contributed by atoms with Gasteiger partial charge in [0.15, 0.2) is 0 Å². The summed E-state index contributed by atoms with van der Waals surface area (Å²) in [5.41, 5.74) is 3.72. The predicted molar refractivity (Wildman–Crippen MR) is 136 cm³/mol. The largest absolute Gasteiger partial charge is 0.416 e. The maximum atomic E-state index is 13.2. The Bertz CT molecular complexity index is 1390. The van der Waals surface area contributed by atoms with Gasteiger partial charge >= 0.3 is 6.18 Å². The molecule has 5 nitrogen and oxygen atoms in total. The first-order valence-corrected chi connectivity index (χ1v) is 11.7. The van der Waals surface area contributed by atoms with Gasteiger partial charge in [0, 0.05) is 60.4 Å². The molecule has 0 spiro atoms. The number of nitrogens with one attached hydrogen (secondary N) is 1. The number of halogens is 3. The predicted octanol–water partition coefficient (Wildman–Crippen LogP) is 6.27.